The predicted molar refractivity (Wildman–Crippen MR) is 107 cm³/mol. The Kier molecular flexibility index (Phi) is 6.94. The molecular formula is C20H23BrN2O3. The number of halogens is 1. The van der Waals surface area contributed by atoms with Crippen LogP contribution in [-0.2, 0) is 4.79 Å². The molecule has 2 rings (SSSR count). The normalized spacial score (nSPS) is 13.0. The predicted octanol–water partition coefficient (Wildman–Crippen LogP) is 4.34. The summed E-state index contributed by atoms with van der Waals surface area (Å²) in [5.74, 6) is 0.563. The second-order valence-electron chi connectivity index (χ2n) is 6.13. The van der Waals surface area contributed by atoms with Crippen LogP contribution in [0.5, 0.6) is 5.75 Å². The summed E-state index contributed by atoms with van der Waals surface area (Å²) < 4.78 is 6.10. The van der Waals surface area contributed by atoms with Gasteiger partial charge in [0, 0.05) is 17.3 Å². The van der Waals surface area contributed by atoms with E-state index in [-0.39, 0.29) is 17.7 Å². The lowest BCUT2D eigenvalue weighted by atomic mass is 10.1. The fourth-order valence-electron chi connectivity index (χ4n) is 2.57. The number of carbonyl (C=O) groups is 2. The number of Topliss-reactive ketones (excluding diaryl/α,β-unsaturated/α-hetero) is 1. The highest BCUT2D eigenvalue weighted by molar-refractivity contribution is 9.10. The largest absolute Gasteiger partial charge is 0.496 e. The number of carbonyl (C=O) groups excluding carboxylic acids is 2. The molecule has 26 heavy (non-hydrogen) atoms. The van der Waals surface area contributed by atoms with Crippen LogP contribution in [-0.4, -0.2) is 24.8 Å². The zero-order valence-electron chi connectivity index (χ0n) is 15.3. The number of hydrogen-bond donors (Lipinski definition) is 2. The minimum Gasteiger partial charge on any atom is -0.496 e. The van der Waals surface area contributed by atoms with Crippen molar-refractivity contribution >= 4 is 33.3 Å². The quantitative estimate of drug-likeness (QED) is 0.656. The first-order valence-corrected chi connectivity index (χ1v) is 9.12. The van der Waals surface area contributed by atoms with E-state index in [0.717, 1.165) is 15.8 Å². The molecule has 0 fully saturated rings. The average Bonchev–Trinajstić information content (AvgIpc) is 2.61. The van der Waals surface area contributed by atoms with E-state index in [1.165, 1.54) is 6.92 Å². The highest BCUT2D eigenvalue weighted by atomic mass is 79.9. The maximum Gasteiger partial charge on any atom is 0.241 e. The summed E-state index contributed by atoms with van der Waals surface area (Å²) in [5.41, 5.74) is 2.21. The fourth-order valence-corrected chi connectivity index (χ4v) is 3.12. The van der Waals surface area contributed by atoms with Crippen molar-refractivity contribution in [2.75, 3.05) is 12.4 Å². The molecule has 0 unspecified atom stereocenters. The zero-order valence-corrected chi connectivity index (χ0v) is 16.9. The maximum absolute atomic E-state index is 12.4. The van der Waals surface area contributed by atoms with Gasteiger partial charge < -0.3 is 10.1 Å². The van der Waals surface area contributed by atoms with Gasteiger partial charge in [0.15, 0.2) is 5.78 Å². The van der Waals surface area contributed by atoms with Gasteiger partial charge in [0.2, 0.25) is 5.91 Å². The van der Waals surface area contributed by atoms with E-state index in [0.29, 0.717) is 11.3 Å². The Balaban J connectivity index is 2.01. The number of ketones is 1. The lowest BCUT2D eigenvalue weighted by Gasteiger charge is -2.20. The topological polar surface area (TPSA) is 67.4 Å². The number of anilines is 1. The third-order valence-electron chi connectivity index (χ3n) is 4.11. The van der Waals surface area contributed by atoms with Crippen molar-refractivity contribution < 1.29 is 14.3 Å². The molecule has 0 aliphatic carbocycles. The van der Waals surface area contributed by atoms with Crippen molar-refractivity contribution in [1.29, 1.82) is 0 Å². The van der Waals surface area contributed by atoms with E-state index in [1.807, 2.05) is 25.1 Å². The molecule has 0 saturated carbocycles. The monoisotopic (exact) mass is 418 g/mol. The highest BCUT2D eigenvalue weighted by Crippen LogP contribution is 2.28. The van der Waals surface area contributed by atoms with Crippen molar-refractivity contribution in [3.05, 3.63) is 58.1 Å². The molecule has 0 bridgehead atoms. The van der Waals surface area contributed by atoms with Crippen LogP contribution >= 0.6 is 15.9 Å². The number of nitrogens with one attached hydrogen (secondary N) is 2. The summed E-state index contributed by atoms with van der Waals surface area (Å²) in [6.45, 7) is 5.30. The third-order valence-corrected chi connectivity index (χ3v) is 4.73. The summed E-state index contributed by atoms with van der Waals surface area (Å²) >= 11 is 3.47. The Labute approximate surface area is 162 Å². The summed E-state index contributed by atoms with van der Waals surface area (Å²) in [4.78, 5) is 23.9. The van der Waals surface area contributed by atoms with E-state index in [9.17, 15) is 9.59 Å². The van der Waals surface area contributed by atoms with E-state index < -0.39 is 6.04 Å². The van der Waals surface area contributed by atoms with Crippen LogP contribution < -0.4 is 15.4 Å². The average molecular weight is 419 g/mol. The van der Waals surface area contributed by atoms with Gasteiger partial charge in [-0.05, 0) is 66.5 Å². The molecule has 2 N–H and O–H groups in total. The minimum absolute atomic E-state index is 0.0264. The van der Waals surface area contributed by atoms with Crippen LogP contribution in [0.15, 0.2) is 46.9 Å². The lowest BCUT2D eigenvalue weighted by molar-refractivity contribution is -0.117. The Morgan fingerprint density at radius 3 is 2.46 bits per heavy atom. The fraction of sp³-hybridized carbons (Fsp3) is 0.300. The summed E-state index contributed by atoms with van der Waals surface area (Å²) in [7, 11) is 1.62. The van der Waals surface area contributed by atoms with Crippen molar-refractivity contribution in [2.24, 2.45) is 0 Å². The van der Waals surface area contributed by atoms with Crippen molar-refractivity contribution in [2.45, 2.75) is 32.9 Å². The number of benzene rings is 2. The molecule has 0 saturated heterocycles. The van der Waals surface area contributed by atoms with Gasteiger partial charge in [-0.25, -0.2) is 0 Å². The SMILES string of the molecule is COc1ccc([C@H](C)N[C@@H](C)C(=O)Nc2cccc(C(C)=O)c2)cc1Br. The molecule has 0 aromatic heterocycles. The van der Waals surface area contributed by atoms with Gasteiger partial charge >= 0.3 is 0 Å². The van der Waals surface area contributed by atoms with E-state index in [4.69, 9.17) is 4.74 Å². The second-order valence-corrected chi connectivity index (χ2v) is 6.98. The van der Waals surface area contributed by atoms with Gasteiger partial charge in [-0.15, -0.1) is 0 Å². The number of amides is 1. The standard InChI is InChI=1S/C20H23BrN2O3/c1-12(15-8-9-19(26-4)18(21)11-15)22-13(2)20(25)23-17-7-5-6-16(10-17)14(3)24/h5-13,22H,1-4H3,(H,23,25)/t12-,13-/m0/s1. The lowest BCUT2D eigenvalue weighted by Crippen LogP contribution is -2.39. The number of ether oxygens (including phenoxy) is 1. The van der Waals surface area contributed by atoms with Crippen LogP contribution in [0.25, 0.3) is 0 Å². The summed E-state index contributed by atoms with van der Waals surface area (Å²) in [5, 5.41) is 6.12. The van der Waals surface area contributed by atoms with Gasteiger partial charge in [-0.3, -0.25) is 14.9 Å². The number of methoxy groups -OCH3 is 1. The molecule has 2 aromatic rings. The summed E-state index contributed by atoms with van der Waals surface area (Å²) in [6, 6.07) is 12.3. The molecule has 0 heterocycles. The van der Waals surface area contributed by atoms with Gasteiger partial charge in [0.25, 0.3) is 0 Å². The molecule has 5 nitrogen and oxygen atoms in total. The van der Waals surface area contributed by atoms with E-state index in [2.05, 4.69) is 26.6 Å². The molecule has 0 radical (unpaired) electrons. The second kappa shape index (κ2) is 8.96. The van der Waals surface area contributed by atoms with Crippen LogP contribution in [0, 0.1) is 0 Å². The Morgan fingerprint density at radius 2 is 1.85 bits per heavy atom. The van der Waals surface area contributed by atoms with Crippen molar-refractivity contribution in [3.63, 3.8) is 0 Å². The Hall–Kier alpha value is -2.18. The molecular weight excluding hydrogens is 396 g/mol. The minimum atomic E-state index is -0.410. The van der Waals surface area contributed by atoms with Crippen LogP contribution in [0.2, 0.25) is 0 Å². The van der Waals surface area contributed by atoms with Crippen LogP contribution in [0.1, 0.15) is 42.7 Å². The van der Waals surface area contributed by atoms with E-state index in [1.54, 1.807) is 38.3 Å². The molecule has 0 aliphatic rings. The maximum atomic E-state index is 12.4. The van der Waals surface area contributed by atoms with E-state index >= 15 is 0 Å². The number of rotatable bonds is 7. The molecule has 2 atom stereocenters. The van der Waals surface area contributed by atoms with Gasteiger partial charge in [0.05, 0.1) is 17.6 Å². The molecule has 6 heteroatoms. The summed E-state index contributed by atoms with van der Waals surface area (Å²) in [6.07, 6.45) is 0. The molecule has 0 spiro atoms. The van der Waals surface area contributed by atoms with Crippen LogP contribution in [0.4, 0.5) is 5.69 Å². The molecule has 0 aliphatic heterocycles. The van der Waals surface area contributed by atoms with Gasteiger partial charge in [-0.1, -0.05) is 18.2 Å². The Morgan fingerprint density at radius 1 is 1.12 bits per heavy atom. The Bertz CT molecular complexity index is 807. The smallest absolute Gasteiger partial charge is 0.241 e. The zero-order chi connectivity index (χ0) is 19.3. The van der Waals surface area contributed by atoms with Gasteiger partial charge in [0.1, 0.15) is 5.75 Å². The molecule has 1 amide bonds. The van der Waals surface area contributed by atoms with Crippen molar-refractivity contribution in [3.8, 4) is 5.75 Å². The van der Waals surface area contributed by atoms with Crippen LogP contribution in [0.3, 0.4) is 0 Å². The van der Waals surface area contributed by atoms with Gasteiger partial charge in [-0.2, -0.15) is 0 Å². The molecule has 2 aromatic carbocycles. The first-order chi connectivity index (χ1) is 12.3. The third kappa shape index (κ3) is 5.16. The van der Waals surface area contributed by atoms with Crippen molar-refractivity contribution in [1.82, 2.24) is 5.32 Å². The first-order valence-electron chi connectivity index (χ1n) is 8.33. The number of hydrogen-bond acceptors (Lipinski definition) is 4. The molecule has 138 valence electrons. The highest BCUT2D eigenvalue weighted by Gasteiger charge is 2.17. The first kappa shape index (κ1) is 20.1.